The molecule has 0 aliphatic heterocycles. The lowest BCUT2D eigenvalue weighted by Gasteiger charge is -2.25. The van der Waals surface area contributed by atoms with Crippen LogP contribution in [0.2, 0.25) is 0 Å². The minimum Gasteiger partial charge on any atom is -0.387 e. The number of aliphatic hydroxyl groups is 1. The summed E-state index contributed by atoms with van der Waals surface area (Å²) >= 11 is 0. The standard InChI is InChI=1S/C84H163N2O6P/c1-6-8-10-12-14-16-18-20-22-24-26-28-30-32-34-36-38-40-41-42-43-44-45-46-48-50-52-54-56-58-60-62-64-66-68-70-72-74-76-78-84(88)85-82(81-92-93(89,90)91-80-79-86(3,4)5)83(87)77-75-73-71-69-67-65-63-61-59-57-55-53-51-49-47-39-37-35-33-31-29-27-25-23-21-19-17-15-13-11-9-7-2/h24,26,59,61,67,69,75,77,82-83,87H,6-23,25,27-58,60,62-66,68,70-74,76,78-81H2,1-5H3,(H-,85,88,89,90)/p+1/b26-24-,61-59+,69-67+,77-75+. The van der Waals surface area contributed by atoms with Gasteiger partial charge >= 0.3 is 7.82 Å². The minimum absolute atomic E-state index is 0.0549. The summed E-state index contributed by atoms with van der Waals surface area (Å²) in [4.78, 5) is 23.5. The van der Waals surface area contributed by atoms with E-state index in [-0.39, 0.29) is 19.1 Å². The van der Waals surface area contributed by atoms with Crippen molar-refractivity contribution < 1.29 is 32.9 Å². The Morgan fingerprint density at radius 1 is 0.355 bits per heavy atom. The lowest BCUT2D eigenvalue weighted by molar-refractivity contribution is -0.870. The molecule has 0 fully saturated rings. The maximum absolute atomic E-state index is 13.1. The molecule has 0 spiro atoms. The molecular weight excluding hydrogens is 1160 g/mol. The van der Waals surface area contributed by atoms with Gasteiger partial charge in [0.25, 0.3) is 0 Å². The van der Waals surface area contributed by atoms with Crippen molar-refractivity contribution in [2.75, 3.05) is 40.9 Å². The molecule has 0 aromatic heterocycles. The van der Waals surface area contributed by atoms with Crippen LogP contribution in [0.3, 0.4) is 0 Å². The number of unbranched alkanes of at least 4 members (excludes halogenated alkanes) is 59. The van der Waals surface area contributed by atoms with Crippen LogP contribution in [0.25, 0.3) is 0 Å². The Kier molecular flexibility index (Phi) is 73.4. The van der Waals surface area contributed by atoms with Crippen LogP contribution < -0.4 is 5.32 Å². The number of nitrogens with zero attached hydrogens (tertiary/aromatic N) is 1. The van der Waals surface area contributed by atoms with Crippen molar-refractivity contribution in [3.63, 3.8) is 0 Å². The van der Waals surface area contributed by atoms with E-state index in [9.17, 15) is 19.4 Å². The fourth-order valence-electron chi connectivity index (χ4n) is 12.8. The predicted octanol–water partition coefficient (Wildman–Crippen LogP) is 27.3. The van der Waals surface area contributed by atoms with Gasteiger partial charge in [0, 0.05) is 6.42 Å². The van der Waals surface area contributed by atoms with E-state index < -0.39 is 20.0 Å². The molecule has 0 aliphatic rings. The Morgan fingerprint density at radius 3 is 0.860 bits per heavy atom. The lowest BCUT2D eigenvalue weighted by atomic mass is 10.0. The van der Waals surface area contributed by atoms with Gasteiger partial charge in [0.1, 0.15) is 13.2 Å². The SMILES string of the molecule is CCCCCCCCCC/C=C\CCCCCCCCCCCCCCCCCCCCCCCCCCCCCC(=O)NC(COP(=O)(O)OCC[N+](C)(C)C)C(O)/C=C/CC/C=C/CC/C=C/CCCCCCCCCCCCCCCCCCCCCCCC. The number of allylic oxidation sites excluding steroid dienone is 7. The molecule has 93 heavy (non-hydrogen) atoms. The number of hydrogen-bond donors (Lipinski definition) is 3. The van der Waals surface area contributed by atoms with E-state index in [1.165, 1.54) is 366 Å². The number of quaternary nitrogens is 1. The molecule has 3 N–H and O–H groups in total. The number of aliphatic hydroxyl groups excluding tert-OH is 1. The molecule has 8 nitrogen and oxygen atoms in total. The predicted molar refractivity (Wildman–Crippen MR) is 411 cm³/mol. The van der Waals surface area contributed by atoms with E-state index in [1.807, 2.05) is 27.2 Å². The number of carbonyl (C=O) groups excluding carboxylic acids is 1. The molecule has 3 unspecified atom stereocenters. The molecule has 0 aliphatic carbocycles. The third kappa shape index (κ3) is 77.7. The summed E-state index contributed by atoms with van der Waals surface area (Å²) in [6.45, 7) is 4.85. The maximum Gasteiger partial charge on any atom is 0.472 e. The van der Waals surface area contributed by atoms with E-state index >= 15 is 0 Å². The van der Waals surface area contributed by atoms with Gasteiger partial charge in [0.05, 0.1) is 39.9 Å². The Bertz CT molecular complexity index is 1660. The second-order valence-electron chi connectivity index (χ2n) is 29.8. The topological polar surface area (TPSA) is 105 Å². The Morgan fingerprint density at radius 2 is 0.591 bits per heavy atom. The highest BCUT2D eigenvalue weighted by atomic mass is 31.2. The van der Waals surface area contributed by atoms with Crippen LogP contribution in [0.1, 0.15) is 431 Å². The van der Waals surface area contributed by atoms with E-state index in [0.29, 0.717) is 17.4 Å². The number of hydrogen-bond acceptors (Lipinski definition) is 5. The summed E-state index contributed by atoms with van der Waals surface area (Å²) in [5.41, 5.74) is 0. The molecule has 0 radical (unpaired) electrons. The molecular formula is C84H164N2O6P+. The van der Waals surface area contributed by atoms with Crippen LogP contribution in [0.4, 0.5) is 0 Å². The monoisotopic (exact) mass is 1330 g/mol. The van der Waals surface area contributed by atoms with Crippen LogP contribution in [0.15, 0.2) is 48.6 Å². The second kappa shape index (κ2) is 74.7. The zero-order chi connectivity index (χ0) is 67.6. The molecule has 1 amide bonds. The summed E-state index contributed by atoms with van der Waals surface area (Å²) in [6.07, 6.45) is 103. The summed E-state index contributed by atoms with van der Waals surface area (Å²) in [5, 5.41) is 14.0. The van der Waals surface area contributed by atoms with Gasteiger partial charge in [-0.05, 0) is 70.6 Å². The van der Waals surface area contributed by atoms with Crippen molar-refractivity contribution in [2.45, 2.75) is 443 Å². The van der Waals surface area contributed by atoms with Gasteiger partial charge in [-0.3, -0.25) is 13.8 Å². The van der Waals surface area contributed by atoms with Crippen molar-refractivity contribution in [3.8, 4) is 0 Å². The molecule has 3 atom stereocenters. The highest BCUT2D eigenvalue weighted by Crippen LogP contribution is 2.43. The van der Waals surface area contributed by atoms with Crippen molar-refractivity contribution in [3.05, 3.63) is 48.6 Å². The average molecular weight is 1330 g/mol. The maximum atomic E-state index is 13.1. The summed E-state index contributed by atoms with van der Waals surface area (Å²) in [7, 11) is 1.56. The van der Waals surface area contributed by atoms with E-state index in [4.69, 9.17) is 9.05 Å². The normalized spacial score (nSPS) is 13.7. The fourth-order valence-corrected chi connectivity index (χ4v) is 13.6. The lowest BCUT2D eigenvalue weighted by Crippen LogP contribution is -2.45. The summed E-state index contributed by atoms with van der Waals surface area (Å²) in [5.74, 6) is -0.182. The first-order valence-electron chi connectivity index (χ1n) is 41.5. The third-order valence-electron chi connectivity index (χ3n) is 19.2. The molecule has 9 heteroatoms. The zero-order valence-corrected chi connectivity index (χ0v) is 64.2. The quantitative estimate of drug-likeness (QED) is 0.0243. The van der Waals surface area contributed by atoms with Crippen LogP contribution in [0, 0.1) is 0 Å². The first-order chi connectivity index (χ1) is 45.5. The average Bonchev–Trinajstić information content (AvgIpc) is 1.94. The molecule has 0 heterocycles. The third-order valence-corrected chi connectivity index (χ3v) is 20.2. The van der Waals surface area contributed by atoms with E-state index in [0.717, 1.165) is 44.9 Å². The highest BCUT2D eigenvalue weighted by molar-refractivity contribution is 7.47. The van der Waals surface area contributed by atoms with Gasteiger partial charge in [-0.2, -0.15) is 0 Å². The minimum atomic E-state index is -4.37. The Balaban J connectivity index is 3.96. The number of amides is 1. The highest BCUT2D eigenvalue weighted by Gasteiger charge is 2.28. The number of carbonyl (C=O) groups is 1. The van der Waals surface area contributed by atoms with Crippen molar-refractivity contribution in [1.29, 1.82) is 0 Å². The molecule has 0 saturated carbocycles. The van der Waals surface area contributed by atoms with Gasteiger partial charge in [0.2, 0.25) is 5.91 Å². The van der Waals surface area contributed by atoms with Gasteiger partial charge in [0.15, 0.2) is 0 Å². The number of nitrogens with one attached hydrogen (secondary N) is 1. The second-order valence-corrected chi connectivity index (χ2v) is 31.3. The summed E-state index contributed by atoms with van der Waals surface area (Å²) in [6, 6.07) is -0.872. The van der Waals surface area contributed by atoms with Crippen LogP contribution in [-0.4, -0.2) is 73.4 Å². The molecule has 0 saturated heterocycles. The van der Waals surface area contributed by atoms with Gasteiger partial charge in [-0.15, -0.1) is 0 Å². The molecule has 0 aromatic carbocycles. The van der Waals surface area contributed by atoms with Crippen LogP contribution >= 0.6 is 7.82 Å². The smallest absolute Gasteiger partial charge is 0.387 e. The number of likely N-dealkylation sites (N-methyl/N-ethyl adjacent to an activating group) is 1. The zero-order valence-electron chi connectivity index (χ0n) is 63.3. The van der Waals surface area contributed by atoms with E-state index in [1.54, 1.807) is 6.08 Å². The number of rotatable bonds is 78. The number of phosphoric acid groups is 1. The summed E-state index contributed by atoms with van der Waals surface area (Å²) < 4.78 is 23.9. The Labute approximate surface area is 581 Å². The van der Waals surface area contributed by atoms with Crippen molar-refractivity contribution in [2.24, 2.45) is 0 Å². The van der Waals surface area contributed by atoms with Crippen molar-refractivity contribution in [1.82, 2.24) is 5.32 Å². The number of phosphoric ester groups is 1. The fraction of sp³-hybridized carbons (Fsp3) is 0.893. The molecule has 0 rings (SSSR count). The van der Waals surface area contributed by atoms with Gasteiger partial charge < -0.3 is 19.8 Å². The molecule has 0 aromatic rings. The van der Waals surface area contributed by atoms with Crippen LogP contribution in [-0.2, 0) is 18.4 Å². The van der Waals surface area contributed by atoms with E-state index in [2.05, 4.69) is 55.6 Å². The van der Waals surface area contributed by atoms with Gasteiger partial charge in [-0.25, -0.2) is 4.57 Å². The van der Waals surface area contributed by atoms with Gasteiger partial charge in [-0.1, -0.05) is 403 Å². The van der Waals surface area contributed by atoms with Crippen molar-refractivity contribution >= 4 is 13.7 Å². The first-order valence-corrected chi connectivity index (χ1v) is 43.0. The molecule has 0 bridgehead atoms. The van der Waals surface area contributed by atoms with Crippen LogP contribution in [0.5, 0.6) is 0 Å². The first kappa shape index (κ1) is 91.5. The Hall–Kier alpha value is -1.54. The largest absolute Gasteiger partial charge is 0.472 e. The molecule has 550 valence electrons.